The number of hydrogen-bond acceptors (Lipinski definition) is 2. The highest BCUT2D eigenvalue weighted by Crippen LogP contribution is 2.16. The van der Waals surface area contributed by atoms with E-state index in [2.05, 4.69) is 0 Å². The highest BCUT2D eigenvalue weighted by Gasteiger charge is 2.25. The van der Waals surface area contributed by atoms with Gasteiger partial charge in [-0.3, -0.25) is 9.59 Å². The van der Waals surface area contributed by atoms with E-state index in [0.29, 0.717) is 13.0 Å². The van der Waals surface area contributed by atoms with Gasteiger partial charge in [0.2, 0.25) is 5.91 Å². The first-order chi connectivity index (χ1) is 6.65. The molecule has 0 aromatic rings. The number of hydrogen-bond donors (Lipinski definition) is 0. The number of rotatable bonds is 4. The third kappa shape index (κ3) is 2.82. The predicted molar refractivity (Wildman–Crippen MR) is 54.9 cm³/mol. The zero-order valence-electron chi connectivity index (χ0n) is 9.08. The number of carbonyl (C=O) groups excluding carboxylic acids is 2. The molecule has 1 fully saturated rings. The van der Waals surface area contributed by atoms with Crippen molar-refractivity contribution in [2.45, 2.75) is 39.5 Å². The number of Topliss-reactive ketones (excluding diaryl/α,β-unsaturated/α-hetero) is 1. The Balaban J connectivity index is 2.43. The van der Waals surface area contributed by atoms with Crippen molar-refractivity contribution in [3.8, 4) is 0 Å². The third-order valence-corrected chi connectivity index (χ3v) is 2.69. The van der Waals surface area contributed by atoms with Gasteiger partial charge in [-0.25, -0.2) is 0 Å². The lowest BCUT2D eigenvalue weighted by molar-refractivity contribution is -0.141. The normalized spacial score (nSPS) is 22.6. The molecule has 0 bridgehead atoms. The second-order valence-corrected chi connectivity index (χ2v) is 4.09. The summed E-state index contributed by atoms with van der Waals surface area (Å²) in [5.41, 5.74) is 0. The van der Waals surface area contributed by atoms with Gasteiger partial charge in [-0.05, 0) is 19.3 Å². The van der Waals surface area contributed by atoms with Gasteiger partial charge in [0.25, 0.3) is 0 Å². The average Bonchev–Trinajstić information content (AvgIpc) is 2.13. The summed E-state index contributed by atoms with van der Waals surface area (Å²) in [5.74, 6) is 0.453. The van der Waals surface area contributed by atoms with Gasteiger partial charge in [-0.2, -0.15) is 0 Å². The van der Waals surface area contributed by atoms with E-state index < -0.39 is 0 Å². The first kappa shape index (κ1) is 11.2. The van der Waals surface area contributed by atoms with Crippen LogP contribution in [0.2, 0.25) is 0 Å². The Hall–Kier alpha value is -0.860. The zero-order chi connectivity index (χ0) is 10.6. The number of nitrogens with zero attached hydrogens (tertiary/aromatic N) is 1. The van der Waals surface area contributed by atoms with Gasteiger partial charge >= 0.3 is 0 Å². The van der Waals surface area contributed by atoms with Gasteiger partial charge in [-0.1, -0.05) is 13.8 Å². The van der Waals surface area contributed by atoms with Gasteiger partial charge in [0, 0.05) is 18.9 Å². The van der Waals surface area contributed by atoms with Crippen molar-refractivity contribution in [2.75, 3.05) is 13.1 Å². The Kier molecular flexibility index (Phi) is 4.11. The molecule has 0 aromatic carbocycles. The molecule has 1 heterocycles. The van der Waals surface area contributed by atoms with Crippen LogP contribution in [-0.2, 0) is 9.59 Å². The minimum Gasteiger partial charge on any atom is -0.335 e. The summed E-state index contributed by atoms with van der Waals surface area (Å²) in [5, 5.41) is 0. The molecule has 3 heteroatoms. The molecule has 80 valence electrons. The van der Waals surface area contributed by atoms with Crippen LogP contribution in [0.25, 0.3) is 0 Å². The van der Waals surface area contributed by atoms with Crippen molar-refractivity contribution in [2.24, 2.45) is 5.92 Å². The van der Waals surface area contributed by atoms with Crippen LogP contribution < -0.4 is 0 Å². The van der Waals surface area contributed by atoms with Crippen LogP contribution in [0.1, 0.15) is 39.5 Å². The van der Waals surface area contributed by atoms with Crippen LogP contribution in [0.3, 0.4) is 0 Å². The lowest BCUT2D eigenvalue weighted by Crippen LogP contribution is -2.42. The molecule has 0 radical (unpaired) electrons. The van der Waals surface area contributed by atoms with E-state index in [0.717, 1.165) is 25.8 Å². The quantitative estimate of drug-likeness (QED) is 0.686. The van der Waals surface area contributed by atoms with Crippen LogP contribution in [0.4, 0.5) is 0 Å². The van der Waals surface area contributed by atoms with Crippen molar-refractivity contribution in [3.63, 3.8) is 0 Å². The first-order valence-corrected chi connectivity index (χ1v) is 5.45. The van der Waals surface area contributed by atoms with Crippen molar-refractivity contribution in [3.05, 3.63) is 0 Å². The Morgan fingerprint density at radius 3 is 2.93 bits per heavy atom. The maximum absolute atomic E-state index is 11.6. The summed E-state index contributed by atoms with van der Waals surface area (Å²) >= 11 is 0. The second-order valence-electron chi connectivity index (χ2n) is 4.09. The lowest BCUT2D eigenvalue weighted by atomic mass is 9.99. The summed E-state index contributed by atoms with van der Waals surface area (Å²) in [6, 6.07) is 0. The van der Waals surface area contributed by atoms with Crippen LogP contribution in [0.5, 0.6) is 0 Å². The smallest absolute Gasteiger partial charge is 0.225 e. The summed E-state index contributed by atoms with van der Waals surface area (Å²) in [6.45, 7) is 5.02. The van der Waals surface area contributed by atoms with Crippen molar-refractivity contribution >= 4 is 11.7 Å². The minimum atomic E-state index is 0.109. The standard InChI is InChI=1S/C11H19NO2/c1-3-5-10(13)8-12-7-4-6-9(2)11(12)14/h9H,3-8H2,1-2H3. The summed E-state index contributed by atoms with van der Waals surface area (Å²) in [7, 11) is 0. The Morgan fingerprint density at radius 2 is 2.29 bits per heavy atom. The second kappa shape index (κ2) is 5.13. The average molecular weight is 197 g/mol. The molecule has 1 atom stereocenters. The van der Waals surface area contributed by atoms with Crippen molar-refractivity contribution in [1.29, 1.82) is 0 Å². The maximum atomic E-state index is 11.6. The van der Waals surface area contributed by atoms with Gasteiger partial charge in [0.1, 0.15) is 0 Å². The van der Waals surface area contributed by atoms with Gasteiger partial charge in [0.05, 0.1) is 6.54 Å². The molecule has 0 aliphatic carbocycles. The SMILES string of the molecule is CCCC(=O)CN1CCCC(C)C1=O. The fourth-order valence-electron chi connectivity index (χ4n) is 1.86. The number of likely N-dealkylation sites (tertiary alicyclic amines) is 1. The highest BCUT2D eigenvalue weighted by atomic mass is 16.2. The molecule has 1 aliphatic rings. The minimum absolute atomic E-state index is 0.109. The van der Waals surface area contributed by atoms with E-state index in [1.807, 2.05) is 13.8 Å². The number of carbonyl (C=O) groups is 2. The Bertz CT molecular complexity index is 225. The van der Waals surface area contributed by atoms with E-state index in [1.54, 1.807) is 4.90 Å². The van der Waals surface area contributed by atoms with Crippen LogP contribution in [0.15, 0.2) is 0 Å². The first-order valence-electron chi connectivity index (χ1n) is 5.45. The monoisotopic (exact) mass is 197 g/mol. The highest BCUT2D eigenvalue weighted by molar-refractivity contribution is 5.87. The summed E-state index contributed by atoms with van der Waals surface area (Å²) < 4.78 is 0. The molecule has 1 aliphatic heterocycles. The van der Waals surface area contributed by atoms with E-state index in [4.69, 9.17) is 0 Å². The van der Waals surface area contributed by atoms with Gasteiger partial charge in [-0.15, -0.1) is 0 Å². The molecule has 1 rings (SSSR count). The molecule has 3 nitrogen and oxygen atoms in total. The summed E-state index contributed by atoms with van der Waals surface area (Å²) in [4.78, 5) is 24.7. The van der Waals surface area contributed by atoms with Crippen LogP contribution in [0, 0.1) is 5.92 Å². The Morgan fingerprint density at radius 1 is 1.57 bits per heavy atom. The molecule has 1 amide bonds. The molecular formula is C11H19NO2. The summed E-state index contributed by atoms with van der Waals surface area (Å²) in [6.07, 6.45) is 3.47. The lowest BCUT2D eigenvalue weighted by Gasteiger charge is -2.29. The molecular weight excluding hydrogens is 178 g/mol. The molecule has 1 saturated heterocycles. The molecule has 0 saturated carbocycles. The van der Waals surface area contributed by atoms with Crippen molar-refractivity contribution in [1.82, 2.24) is 4.90 Å². The van der Waals surface area contributed by atoms with E-state index >= 15 is 0 Å². The number of ketones is 1. The fraction of sp³-hybridized carbons (Fsp3) is 0.818. The van der Waals surface area contributed by atoms with Crippen LogP contribution >= 0.6 is 0 Å². The van der Waals surface area contributed by atoms with E-state index in [9.17, 15) is 9.59 Å². The Labute approximate surface area is 85.5 Å². The largest absolute Gasteiger partial charge is 0.335 e. The zero-order valence-corrected chi connectivity index (χ0v) is 9.08. The molecule has 14 heavy (non-hydrogen) atoms. The van der Waals surface area contributed by atoms with Crippen molar-refractivity contribution < 1.29 is 9.59 Å². The maximum Gasteiger partial charge on any atom is 0.225 e. The number of piperidine rings is 1. The molecule has 0 aromatic heterocycles. The van der Waals surface area contributed by atoms with Gasteiger partial charge < -0.3 is 4.90 Å². The molecule has 0 N–H and O–H groups in total. The third-order valence-electron chi connectivity index (χ3n) is 2.69. The predicted octanol–water partition coefficient (Wildman–Crippen LogP) is 1.61. The fourth-order valence-corrected chi connectivity index (χ4v) is 1.86. The topological polar surface area (TPSA) is 37.4 Å². The van der Waals surface area contributed by atoms with E-state index in [-0.39, 0.29) is 17.6 Å². The van der Waals surface area contributed by atoms with Gasteiger partial charge in [0.15, 0.2) is 5.78 Å². The molecule has 1 unspecified atom stereocenters. The molecule has 0 spiro atoms. The van der Waals surface area contributed by atoms with E-state index in [1.165, 1.54) is 0 Å². The van der Waals surface area contributed by atoms with Crippen LogP contribution in [-0.4, -0.2) is 29.7 Å². The number of amides is 1.